The first-order chi connectivity index (χ1) is 5.75. The summed E-state index contributed by atoms with van der Waals surface area (Å²) in [7, 11) is 4.40. The van der Waals surface area contributed by atoms with E-state index < -0.39 is 0 Å². The molecule has 0 radical (unpaired) electrons. The lowest BCUT2D eigenvalue weighted by Gasteiger charge is -2.05. The fourth-order valence-corrected chi connectivity index (χ4v) is 1.76. The van der Waals surface area contributed by atoms with E-state index in [-0.39, 0.29) is 0 Å². The van der Waals surface area contributed by atoms with E-state index in [0.29, 0.717) is 0 Å². The van der Waals surface area contributed by atoms with E-state index in [2.05, 4.69) is 30.5 Å². The molecular formula is C10H21N2+. The molecule has 0 saturated carbocycles. The third kappa shape index (κ3) is 2.23. The zero-order valence-electron chi connectivity index (χ0n) is 8.64. The molecule has 0 unspecified atom stereocenters. The Morgan fingerprint density at radius 3 is 2.67 bits per heavy atom. The van der Waals surface area contributed by atoms with Gasteiger partial charge >= 0.3 is 0 Å². The largest absolute Gasteiger partial charge is 0.264 e. The molecule has 0 amide bonds. The lowest BCUT2D eigenvalue weighted by atomic mass is 10.2. The molecule has 0 spiro atoms. The van der Waals surface area contributed by atoms with Crippen LogP contribution in [0.25, 0.3) is 0 Å². The molecule has 2 heteroatoms. The van der Waals surface area contributed by atoms with Crippen molar-refractivity contribution in [1.29, 1.82) is 0 Å². The molecule has 1 aliphatic heterocycles. The second kappa shape index (κ2) is 4.48. The first kappa shape index (κ1) is 9.56. The lowest BCUT2D eigenvalue weighted by Crippen LogP contribution is -2.24. The van der Waals surface area contributed by atoms with Gasteiger partial charge in [0.05, 0.1) is 14.1 Å². The summed E-state index contributed by atoms with van der Waals surface area (Å²) in [6.45, 7) is 4.67. The second-order valence-electron chi connectivity index (χ2n) is 3.72. The van der Waals surface area contributed by atoms with E-state index in [0.717, 1.165) is 0 Å². The lowest BCUT2D eigenvalue weighted by molar-refractivity contribution is -0.487. The maximum Gasteiger partial charge on any atom is 0.246 e. The third-order valence-electron chi connectivity index (χ3n) is 2.66. The summed E-state index contributed by atoms with van der Waals surface area (Å²) < 4.78 is 2.38. The molecule has 1 aliphatic rings. The van der Waals surface area contributed by atoms with Crippen LogP contribution in [0.5, 0.6) is 0 Å². The first-order valence-corrected chi connectivity index (χ1v) is 5.03. The monoisotopic (exact) mass is 169 g/mol. The average molecular weight is 169 g/mol. The Bertz CT molecular complexity index is 173. The third-order valence-corrected chi connectivity index (χ3v) is 2.66. The van der Waals surface area contributed by atoms with Gasteiger partial charge in [0, 0.05) is 6.42 Å². The highest BCUT2D eigenvalue weighted by Crippen LogP contribution is 2.06. The molecule has 0 aliphatic carbocycles. The van der Waals surface area contributed by atoms with Crippen LogP contribution >= 0.6 is 0 Å². The Labute approximate surface area is 75.9 Å². The van der Waals surface area contributed by atoms with Crippen LogP contribution in [0.2, 0.25) is 0 Å². The van der Waals surface area contributed by atoms with Crippen LogP contribution in [-0.2, 0) is 0 Å². The molecule has 1 rings (SSSR count). The van der Waals surface area contributed by atoms with Crippen molar-refractivity contribution in [2.24, 2.45) is 0 Å². The zero-order chi connectivity index (χ0) is 8.97. The molecule has 2 nitrogen and oxygen atoms in total. The number of unbranched alkanes of at least 4 members (excludes halogenated alkanes) is 2. The first-order valence-electron chi connectivity index (χ1n) is 5.03. The van der Waals surface area contributed by atoms with Crippen molar-refractivity contribution < 1.29 is 4.58 Å². The highest BCUT2D eigenvalue weighted by molar-refractivity contribution is 5.78. The predicted octanol–water partition coefficient (Wildman–Crippen LogP) is 1.55. The van der Waals surface area contributed by atoms with Gasteiger partial charge in [0.2, 0.25) is 5.84 Å². The minimum absolute atomic E-state index is 1.21. The number of hydrogen-bond donors (Lipinski definition) is 0. The summed E-state index contributed by atoms with van der Waals surface area (Å²) in [5, 5.41) is 0. The number of hydrogen-bond acceptors (Lipinski definition) is 1. The molecule has 0 aromatic carbocycles. The summed E-state index contributed by atoms with van der Waals surface area (Å²) in [4.78, 5) is 2.38. The fraction of sp³-hybridized carbons (Fsp3) is 0.900. The van der Waals surface area contributed by atoms with E-state index >= 15 is 0 Å². The number of likely N-dealkylation sites (N-methyl/N-ethyl adjacent to an activating group) is 2. The molecule has 0 fully saturated rings. The van der Waals surface area contributed by atoms with Crippen LogP contribution in [0, 0.1) is 0 Å². The van der Waals surface area contributed by atoms with Crippen molar-refractivity contribution >= 4 is 5.84 Å². The van der Waals surface area contributed by atoms with Gasteiger partial charge in [-0.3, -0.25) is 9.48 Å². The van der Waals surface area contributed by atoms with Crippen molar-refractivity contribution in [3.63, 3.8) is 0 Å². The van der Waals surface area contributed by atoms with E-state index in [1.807, 2.05) is 0 Å². The van der Waals surface area contributed by atoms with Crippen LogP contribution in [0.15, 0.2) is 0 Å². The number of nitrogens with zero attached hydrogens (tertiary/aromatic N) is 2. The van der Waals surface area contributed by atoms with Gasteiger partial charge in [-0.15, -0.1) is 0 Å². The number of amidine groups is 1. The van der Waals surface area contributed by atoms with Crippen LogP contribution < -0.4 is 0 Å². The van der Waals surface area contributed by atoms with Gasteiger partial charge in [0.1, 0.15) is 13.1 Å². The van der Waals surface area contributed by atoms with E-state index in [9.17, 15) is 0 Å². The highest BCUT2D eigenvalue weighted by Gasteiger charge is 2.23. The molecule has 0 bridgehead atoms. The Balaban J connectivity index is 2.34. The van der Waals surface area contributed by atoms with Gasteiger partial charge in [-0.25, -0.2) is 0 Å². The molecule has 0 saturated heterocycles. The molecule has 0 aromatic heterocycles. The Hall–Kier alpha value is -0.530. The van der Waals surface area contributed by atoms with Gasteiger partial charge in [-0.1, -0.05) is 19.8 Å². The van der Waals surface area contributed by atoms with Crippen LogP contribution in [0.4, 0.5) is 0 Å². The maximum absolute atomic E-state index is 2.38. The summed E-state index contributed by atoms with van der Waals surface area (Å²) in [6.07, 6.45) is 5.30. The van der Waals surface area contributed by atoms with Crippen molar-refractivity contribution in [3.8, 4) is 0 Å². The van der Waals surface area contributed by atoms with E-state index in [1.165, 1.54) is 44.6 Å². The number of rotatable bonds is 4. The molecule has 0 atom stereocenters. The normalized spacial score (nSPS) is 17.8. The Morgan fingerprint density at radius 1 is 1.42 bits per heavy atom. The van der Waals surface area contributed by atoms with Crippen LogP contribution in [0.1, 0.15) is 32.6 Å². The van der Waals surface area contributed by atoms with Gasteiger partial charge in [0.25, 0.3) is 0 Å². The molecule has 70 valence electrons. The van der Waals surface area contributed by atoms with Crippen LogP contribution in [-0.4, -0.2) is 42.5 Å². The van der Waals surface area contributed by atoms with Crippen molar-refractivity contribution in [2.75, 3.05) is 27.2 Å². The standard InChI is InChI=1S/C10H21N2/c1-4-5-6-7-10-11(2)8-9-12(10)3/h4-9H2,1-3H3/q+1. The topological polar surface area (TPSA) is 6.25 Å². The van der Waals surface area contributed by atoms with Crippen LogP contribution in [0.3, 0.4) is 0 Å². The summed E-state index contributed by atoms with van der Waals surface area (Å²) >= 11 is 0. The minimum atomic E-state index is 1.21. The average Bonchev–Trinajstić information content (AvgIpc) is 2.35. The highest BCUT2D eigenvalue weighted by atomic mass is 15.3. The van der Waals surface area contributed by atoms with E-state index in [4.69, 9.17) is 0 Å². The molecule has 12 heavy (non-hydrogen) atoms. The molecule has 0 N–H and O–H groups in total. The van der Waals surface area contributed by atoms with Crippen molar-refractivity contribution in [1.82, 2.24) is 4.90 Å². The summed E-state index contributed by atoms with van der Waals surface area (Å²) in [6, 6.07) is 0. The fourth-order valence-electron chi connectivity index (χ4n) is 1.76. The Kier molecular flexibility index (Phi) is 3.57. The predicted molar refractivity (Wildman–Crippen MR) is 52.8 cm³/mol. The van der Waals surface area contributed by atoms with Crippen molar-refractivity contribution in [2.45, 2.75) is 32.6 Å². The van der Waals surface area contributed by atoms with E-state index in [1.54, 1.807) is 0 Å². The molecule has 1 heterocycles. The molecular weight excluding hydrogens is 148 g/mol. The van der Waals surface area contributed by atoms with Gasteiger partial charge in [-0.2, -0.15) is 0 Å². The van der Waals surface area contributed by atoms with Gasteiger partial charge in [-0.05, 0) is 6.42 Å². The van der Waals surface area contributed by atoms with Crippen molar-refractivity contribution in [3.05, 3.63) is 0 Å². The summed E-state index contributed by atoms with van der Waals surface area (Å²) in [5.41, 5.74) is 0. The second-order valence-corrected chi connectivity index (χ2v) is 3.72. The quantitative estimate of drug-likeness (QED) is 0.457. The Morgan fingerprint density at radius 2 is 2.17 bits per heavy atom. The molecule has 0 aromatic rings. The summed E-state index contributed by atoms with van der Waals surface area (Å²) in [5.74, 6) is 1.53. The van der Waals surface area contributed by atoms with Gasteiger partial charge in [0.15, 0.2) is 0 Å². The van der Waals surface area contributed by atoms with Gasteiger partial charge < -0.3 is 0 Å². The minimum Gasteiger partial charge on any atom is -0.264 e. The maximum atomic E-state index is 2.38. The smallest absolute Gasteiger partial charge is 0.246 e. The SMILES string of the molecule is CCCCCC1=[N+](C)CCN1C. The zero-order valence-corrected chi connectivity index (χ0v) is 8.64.